The van der Waals surface area contributed by atoms with Gasteiger partial charge in [-0.25, -0.2) is 0 Å². The minimum Gasteiger partial charge on any atom is -0.361 e. The Bertz CT molecular complexity index is 303. The molecule has 2 rings (SSSR count). The molecule has 1 aliphatic carbocycles. The molecule has 1 aliphatic rings. The second-order valence-electron chi connectivity index (χ2n) is 4.42. The minimum atomic E-state index is 0.414. The Hall–Kier alpha value is -0.870. The van der Waals surface area contributed by atoms with Gasteiger partial charge < -0.3 is 15.6 Å². The van der Waals surface area contributed by atoms with Crippen LogP contribution < -0.4 is 11.1 Å². The molecular weight excluding hydrogens is 190 g/mol. The third-order valence-corrected chi connectivity index (χ3v) is 3.02. The van der Waals surface area contributed by atoms with Crippen molar-refractivity contribution in [3.05, 3.63) is 17.5 Å². The molecule has 1 aromatic heterocycles. The number of hydrogen-bond donors (Lipinski definition) is 2. The van der Waals surface area contributed by atoms with E-state index in [1.54, 1.807) is 0 Å². The smallest absolute Gasteiger partial charge is 0.133 e. The summed E-state index contributed by atoms with van der Waals surface area (Å²) < 4.78 is 5.01. The van der Waals surface area contributed by atoms with Crippen molar-refractivity contribution < 1.29 is 4.52 Å². The van der Waals surface area contributed by atoms with E-state index in [0.717, 1.165) is 30.8 Å². The van der Waals surface area contributed by atoms with E-state index in [1.165, 1.54) is 12.8 Å². The maximum absolute atomic E-state index is 5.85. The molecule has 0 radical (unpaired) electrons. The third kappa shape index (κ3) is 3.04. The number of aromatic nitrogens is 1. The highest BCUT2D eigenvalue weighted by atomic mass is 16.5. The Morgan fingerprint density at radius 1 is 1.47 bits per heavy atom. The van der Waals surface area contributed by atoms with Crippen molar-refractivity contribution in [3.63, 3.8) is 0 Å². The Morgan fingerprint density at radius 3 is 2.80 bits per heavy atom. The van der Waals surface area contributed by atoms with Crippen LogP contribution in [-0.4, -0.2) is 17.2 Å². The number of aryl methyl sites for hydroxylation is 1. The lowest BCUT2D eigenvalue weighted by atomic mass is 9.92. The van der Waals surface area contributed by atoms with Crippen LogP contribution in [0.2, 0.25) is 0 Å². The van der Waals surface area contributed by atoms with E-state index in [2.05, 4.69) is 10.5 Å². The van der Waals surface area contributed by atoms with E-state index >= 15 is 0 Å². The molecule has 0 atom stereocenters. The molecule has 3 N–H and O–H groups in total. The second-order valence-corrected chi connectivity index (χ2v) is 4.42. The molecule has 0 spiro atoms. The van der Waals surface area contributed by atoms with Crippen molar-refractivity contribution in [2.24, 2.45) is 5.73 Å². The fraction of sp³-hybridized carbons (Fsp3) is 0.727. The standard InChI is InChI=1S/C11H19N3O/c1-8-6-11(14-15-8)7-13-10-4-2-9(12)3-5-10/h6,9-10,13H,2-5,7,12H2,1H3. The minimum absolute atomic E-state index is 0.414. The number of nitrogens with zero attached hydrogens (tertiary/aromatic N) is 1. The van der Waals surface area contributed by atoms with Crippen molar-refractivity contribution in [3.8, 4) is 0 Å². The van der Waals surface area contributed by atoms with Gasteiger partial charge in [0.15, 0.2) is 0 Å². The van der Waals surface area contributed by atoms with E-state index in [1.807, 2.05) is 13.0 Å². The summed E-state index contributed by atoms with van der Waals surface area (Å²) in [5.74, 6) is 0.873. The molecular formula is C11H19N3O. The van der Waals surface area contributed by atoms with E-state index in [4.69, 9.17) is 10.3 Å². The molecule has 0 saturated heterocycles. The highest BCUT2D eigenvalue weighted by Gasteiger charge is 2.17. The summed E-state index contributed by atoms with van der Waals surface area (Å²) in [6.07, 6.45) is 4.63. The van der Waals surface area contributed by atoms with Crippen LogP contribution in [0.4, 0.5) is 0 Å². The van der Waals surface area contributed by atoms with Gasteiger partial charge in [0.05, 0.1) is 5.69 Å². The van der Waals surface area contributed by atoms with Gasteiger partial charge in [-0.05, 0) is 32.6 Å². The van der Waals surface area contributed by atoms with Crippen molar-refractivity contribution in [1.82, 2.24) is 10.5 Å². The number of nitrogens with two attached hydrogens (primary N) is 1. The lowest BCUT2D eigenvalue weighted by Gasteiger charge is -2.26. The van der Waals surface area contributed by atoms with Crippen LogP contribution in [0.15, 0.2) is 10.6 Å². The predicted octanol–water partition coefficient (Wildman–Crippen LogP) is 1.34. The fourth-order valence-electron chi connectivity index (χ4n) is 2.07. The SMILES string of the molecule is Cc1cc(CNC2CCC(N)CC2)no1. The van der Waals surface area contributed by atoms with Gasteiger partial charge in [0.1, 0.15) is 5.76 Å². The van der Waals surface area contributed by atoms with Crippen LogP contribution in [0, 0.1) is 6.92 Å². The Morgan fingerprint density at radius 2 is 2.20 bits per heavy atom. The van der Waals surface area contributed by atoms with Crippen LogP contribution in [0.1, 0.15) is 37.1 Å². The largest absolute Gasteiger partial charge is 0.361 e. The molecule has 15 heavy (non-hydrogen) atoms. The van der Waals surface area contributed by atoms with Gasteiger partial charge in [0, 0.05) is 24.7 Å². The highest BCUT2D eigenvalue weighted by molar-refractivity contribution is 5.03. The molecule has 4 heteroatoms. The quantitative estimate of drug-likeness (QED) is 0.788. The molecule has 1 saturated carbocycles. The first-order chi connectivity index (χ1) is 7.24. The van der Waals surface area contributed by atoms with Gasteiger partial charge in [-0.15, -0.1) is 0 Å². The van der Waals surface area contributed by atoms with Gasteiger partial charge in [0.2, 0.25) is 0 Å². The van der Waals surface area contributed by atoms with E-state index in [9.17, 15) is 0 Å². The number of nitrogens with one attached hydrogen (secondary N) is 1. The maximum atomic E-state index is 5.85. The topological polar surface area (TPSA) is 64.1 Å². The van der Waals surface area contributed by atoms with Gasteiger partial charge in [0.25, 0.3) is 0 Å². The summed E-state index contributed by atoms with van der Waals surface area (Å²) in [6, 6.07) is 2.99. The van der Waals surface area contributed by atoms with Gasteiger partial charge in [-0.1, -0.05) is 5.16 Å². The summed E-state index contributed by atoms with van der Waals surface area (Å²) >= 11 is 0. The molecule has 0 aromatic carbocycles. The fourth-order valence-corrected chi connectivity index (χ4v) is 2.07. The lowest BCUT2D eigenvalue weighted by molar-refractivity contribution is 0.335. The summed E-state index contributed by atoms with van der Waals surface area (Å²) in [5.41, 5.74) is 6.84. The van der Waals surface area contributed by atoms with Crippen molar-refractivity contribution in [2.45, 2.75) is 51.2 Å². The first-order valence-electron chi connectivity index (χ1n) is 5.65. The van der Waals surface area contributed by atoms with E-state index < -0.39 is 0 Å². The Kier molecular flexibility index (Phi) is 3.38. The molecule has 0 unspecified atom stereocenters. The van der Waals surface area contributed by atoms with Crippen LogP contribution in [0.5, 0.6) is 0 Å². The monoisotopic (exact) mass is 209 g/mol. The Balaban J connectivity index is 1.74. The molecule has 4 nitrogen and oxygen atoms in total. The molecule has 1 heterocycles. The first-order valence-corrected chi connectivity index (χ1v) is 5.65. The normalized spacial score (nSPS) is 26.8. The van der Waals surface area contributed by atoms with Crippen LogP contribution in [0.3, 0.4) is 0 Å². The van der Waals surface area contributed by atoms with Crippen molar-refractivity contribution in [1.29, 1.82) is 0 Å². The zero-order chi connectivity index (χ0) is 10.7. The average molecular weight is 209 g/mol. The van der Waals surface area contributed by atoms with Gasteiger partial charge >= 0.3 is 0 Å². The number of hydrogen-bond acceptors (Lipinski definition) is 4. The first kappa shape index (κ1) is 10.6. The zero-order valence-corrected chi connectivity index (χ0v) is 9.20. The predicted molar refractivity (Wildman–Crippen MR) is 58.3 cm³/mol. The third-order valence-electron chi connectivity index (χ3n) is 3.02. The summed E-state index contributed by atoms with van der Waals surface area (Å²) in [6.45, 7) is 2.72. The van der Waals surface area contributed by atoms with Crippen molar-refractivity contribution in [2.75, 3.05) is 0 Å². The zero-order valence-electron chi connectivity index (χ0n) is 9.20. The average Bonchev–Trinajstić information content (AvgIpc) is 2.64. The lowest BCUT2D eigenvalue weighted by Crippen LogP contribution is -2.37. The molecule has 0 bridgehead atoms. The molecule has 1 aromatic rings. The summed E-state index contributed by atoms with van der Waals surface area (Å²) in [7, 11) is 0. The van der Waals surface area contributed by atoms with E-state index in [-0.39, 0.29) is 0 Å². The highest BCUT2D eigenvalue weighted by Crippen LogP contribution is 2.17. The van der Waals surface area contributed by atoms with Crippen molar-refractivity contribution >= 4 is 0 Å². The van der Waals surface area contributed by atoms with Crippen LogP contribution in [-0.2, 0) is 6.54 Å². The van der Waals surface area contributed by atoms with Crippen LogP contribution >= 0.6 is 0 Å². The second kappa shape index (κ2) is 4.77. The molecule has 0 aliphatic heterocycles. The summed E-state index contributed by atoms with van der Waals surface area (Å²) in [4.78, 5) is 0. The number of rotatable bonds is 3. The maximum Gasteiger partial charge on any atom is 0.133 e. The van der Waals surface area contributed by atoms with E-state index in [0.29, 0.717) is 12.1 Å². The van der Waals surface area contributed by atoms with Crippen LogP contribution in [0.25, 0.3) is 0 Å². The molecule has 1 fully saturated rings. The molecule has 0 amide bonds. The summed E-state index contributed by atoms with van der Waals surface area (Å²) in [5, 5.41) is 7.45. The Labute approximate surface area is 90.2 Å². The van der Waals surface area contributed by atoms with Gasteiger partial charge in [-0.2, -0.15) is 0 Å². The van der Waals surface area contributed by atoms with Gasteiger partial charge in [-0.3, -0.25) is 0 Å². The molecule has 84 valence electrons.